The van der Waals surface area contributed by atoms with Gasteiger partial charge in [0.15, 0.2) is 5.65 Å². The summed E-state index contributed by atoms with van der Waals surface area (Å²) in [7, 11) is 0. The van der Waals surface area contributed by atoms with Crippen molar-refractivity contribution in [1.29, 1.82) is 0 Å². The van der Waals surface area contributed by atoms with E-state index in [0.29, 0.717) is 11.4 Å². The number of nitrogen functional groups attached to an aromatic ring is 1. The summed E-state index contributed by atoms with van der Waals surface area (Å²) in [6.07, 6.45) is 1.84. The molecule has 12 heavy (non-hydrogen) atoms. The lowest BCUT2D eigenvalue weighted by atomic mass is 10.4. The zero-order chi connectivity index (χ0) is 8.55. The standard InChI is InChI=1S/C7H8N4S/c8-5-1-2-11-6(3-5)9-10-7(11)4-12/h1-3,12H,4,8H2. The minimum Gasteiger partial charge on any atom is -0.399 e. The first kappa shape index (κ1) is 7.42. The van der Waals surface area contributed by atoms with Crippen molar-refractivity contribution in [2.75, 3.05) is 5.73 Å². The fourth-order valence-electron chi connectivity index (χ4n) is 1.06. The summed E-state index contributed by atoms with van der Waals surface area (Å²) < 4.78 is 1.86. The molecule has 2 aromatic heterocycles. The van der Waals surface area contributed by atoms with Crippen LogP contribution in [0.25, 0.3) is 5.65 Å². The zero-order valence-electron chi connectivity index (χ0n) is 6.31. The summed E-state index contributed by atoms with van der Waals surface area (Å²) in [6.45, 7) is 0. The largest absolute Gasteiger partial charge is 0.399 e. The Kier molecular flexibility index (Phi) is 1.65. The fraction of sp³-hybridized carbons (Fsp3) is 0.143. The van der Waals surface area contributed by atoms with E-state index in [0.717, 1.165) is 11.5 Å². The molecule has 2 N–H and O–H groups in total. The predicted molar refractivity (Wildman–Crippen MR) is 50.1 cm³/mol. The molecule has 0 spiro atoms. The van der Waals surface area contributed by atoms with Crippen molar-refractivity contribution in [3.05, 3.63) is 24.2 Å². The Morgan fingerprint density at radius 1 is 1.50 bits per heavy atom. The van der Waals surface area contributed by atoms with Crippen molar-refractivity contribution in [1.82, 2.24) is 14.6 Å². The molecule has 2 rings (SSSR count). The summed E-state index contributed by atoms with van der Waals surface area (Å²) in [5, 5.41) is 7.87. The van der Waals surface area contributed by atoms with Crippen molar-refractivity contribution < 1.29 is 0 Å². The van der Waals surface area contributed by atoms with Gasteiger partial charge in [0.1, 0.15) is 5.82 Å². The first-order chi connectivity index (χ1) is 5.81. The highest BCUT2D eigenvalue weighted by Crippen LogP contribution is 2.09. The number of thiol groups is 1. The van der Waals surface area contributed by atoms with E-state index in [1.807, 2.05) is 16.7 Å². The Balaban J connectivity index is 2.73. The molecule has 0 saturated heterocycles. The molecule has 62 valence electrons. The maximum atomic E-state index is 5.57. The fourth-order valence-corrected chi connectivity index (χ4v) is 1.28. The van der Waals surface area contributed by atoms with E-state index < -0.39 is 0 Å². The molecular weight excluding hydrogens is 172 g/mol. The third kappa shape index (κ3) is 1.02. The van der Waals surface area contributed by atoms with Crippen LogP contribution in [0.2, 0.25) is 0 Å². The number of hydrogen-bond acceptors (Lipinski definition) is 4. The topological polar surface area (TPSA) is 56.2 Å². The van der Waals surface area contributed by atoms with E-state index >= 15 is 0 Å². The van der Waals surface area contributed by atoms with Gasteiger partial charge in [0.05, 0.1) is 5.75 Å². The molecule has 5 heteroatoms. The van der Waals surface area contributed by atoms with Crippen molar-refractivity contribution in [3.8, 4) is 0 Å². The predicted octanol–water partition coefficient (Wildman–Crippen LogP) is 0.741. The van der Waals surface area contributed by atoms with Crippen LogP contribution in [0.4, 0.5) is 5.69 Å². The number of pyridine rings is 1. The molecule has 0 aromatic carbocycles. The molecule has 0 radical (unpaired) electrons. The van der Waals surface area contributed by atoms with E-state index in [9.17, 15) is 0 Å². The Morgan fingerprint density at radius 2 is 2.33 bits per heavy atom. The van der Waals surface area contributed by atoms with E-state index in [2.05, 4.69) is 22.8 Å². The second kappa shape index (κ2) is 2.67. The summed E-state index contributed by atoms with van der Waals surface area (Å²) in [6, 6.07) is 3.59. The first-order valence-electron chi connectivity index (χ1n) is 3.51. The molecule has 0 bridgehead atoms. The molecule has 2 aromatic rings. The van der Waals surface area contributed by atoms with Gasteiger partial charge in [-0.05, 0) is 6.07 Å². The van der Waals surface area contributed by atoms with Crippen molar-refractivity contribution in [2.24, 2.45) is 0 Å². The summed E-state index contributed by atoms with van der Waals surface area (Å²) in [5.41, 5.74) is 7.03. The van der Waals surface area contributed by atoms with Gasteiger partial charge in [-0.2, -0.15) is 12.6 Å². The number of hydrogen-bond donors (Lipinski definition) is 2. The van der Waals surface area contributed by atoms with Crippen molar-refractivity contribution in [2.45, 2.75) is 5.75 Å². The smallest absolute Gasteiger partial charge is 0.162 e. The first-order valence-corrected chi connectivity index (χ1v) is 4.14. The van der Waals surface area contributed by atoms with Crippen LogP contribution in [-0.2, 0) is 5.75 Å². The molecule has 4 nitrogen and oxygen atoms in total. The molecule has 0 unspecified atom stereocenters. The number of anilines is 1. The molecule has 0 atom stereocenters. The Bertz CT molecular complexity index is 409. The summed E-state index contributed by atoms with van der Waals surface area (Å²) >= 11 is 4.12. The number of rotatable bonds is 1. The zero-order valence-corrected chi connectivity index (χ0v) is 7.20. The van der Waals surface area contributed by atoms with E-state index in [1.54, 1.807) is 6.07 Å². The van der Waals surface area contributed by atoms with Crippen LogP contribution >= 0.6 is 12.6 Å². The molecular formula is C7H8N4S. The number of fused-ring (bicyclic) bond motifs is 1. The van der Waals surface area contributed by atoms with Crippen LogP contribution in [0.5, 0.6) is 0 Å². The van der Waals surface area contributed by atoms with E-state index in [1.165, 1.54) is 0 Å². The van der Waals surface area contributed by atoms with E-state index in [4.69, 9.17) is 5.73 Å². The number of nitrogens with zero attached hydrogens (tertiary/aromatic N) is 3. The molecule has 0 aliphatic rings. The number of aromatic nitrogens is 3. The Morgan fingerprint density at radius 3 is 3.08 bits per heavy atom. The lowest BCUT2D eigenvalue weighted by molar-refractivity contribution is 0.993. The van der Waals surface area contributed by atoms with Crippen LogP contribution in [0, 0.1) is 0 Å². The molecule has 2 heterocycles. The molecule has 0 fully saturated rings. The van der Waals surface area contributed by atoms with Gasteiger partial charge in [-0.15, -0.1) is 10.2 Å². The number of nitrogens with two attached hydrogens (primary N) is 1. The van der Waals surface area contributed by atoms with Gasteiger partial charge in [0, 0.05) is 18.0 Å². The van der Waals surface area contributed by atoms with Crippen LogP contribution in [0.15, 0.2) is 18.3 Å². The Hall–Kier alpha value is -1.23. The maximum absolute atomic E-state index is 5.57. The average molecular weight is 180 g/mol. The van der Waals surface area contributed by atoms with Crippen LogP contribution < -0.4 is 5.73 Å². The minimum atomic E-state index is 0.574. The van der Waals surface area contributed by atoms with Crippen LogP contribution in [-0.4, -0.2) is 14.6 Å². The highest BCUT2D eigenvalue weighted by Gasteiger charge is 2.01. The third-order valence-corrected chi connectivity index (χ3v) is 1.93. The van der Waals surface area contributed by atoms with Crippen molar-refractivity contribution >= 4 is 24.0 Å². The van der Waals surface area contributed by atoms with Gasteiger partial charge in [-0.3, -0.25) is 4.40 Å². The summed E-state index contributed by atoms with van der Waals surface area (Å²) in [5.74, 6) is 1.40. The Labute approximate surface area is 74.8 Å². The highest BCUT2D eigenvalue weighted by molar-refractivity contribution is 7.79. The average Bonchev–Trinajstić information content (AvgIpc) is 2.46. The van der Waals surface area contributed by atoms with Gasteiger partial charge in [0.2, 0.25) is 0 Å². The maximum Gasteiger partial charge on any atom is 0.162 e. The van der Waals surface area contributed by atoms with Gasteiger partial charge < -0.3 is 5.73 Å². The summed E-state index contributed by atoms with van der Waals surface area (Å²) in [4.78, 5) is 0. The SMILES string of the molecule is Nc1ccn2c(CS)nnc2c1. The van der Waals surface area contributed by atoms with Gasteiger partial charge in [-0.25, -0.2) is 0 Å². The van der Waals surface area contributed by atoms with Gasteiger partial charge >= 0.3 is 0 Å². The quantitative estimate of drug-likeness (QED) is 0.636. The lowest BCUT2D eigenvalue weighted by Crippen LogP contribution is -1.92. The minimum absolute atomic E-state index is 0.574. The molecule has 0 saturated carbocycles. The van der Waals surface area contributed by atoms with Gasteiger partial charge in [0.25, 0.3) is 0 Å². The molecule has 0 aliphatic heterocycles. The third-order valence-electron chi connectivity index (χ3n) is 1.65. The van der Waals surface area contributed by atoms with E-state index in [-0.39, 0.29) is 0 Å². The monoisotopic (exact) mass is 180 g/mol. The lowest BCUT2D eigenvalue weighted by Gasteiger charge is -1.95. The van der Waals surface area contributed by atoms with Crippen LogP contribution in [0.1, 0.15) is 5.82 Å². The van der Waals surface area contributed by atoms with Crippen molar-refractivity contribution in [3.63, 3.8) is 0 Å². The molecule has 0 aliphatic carbocycles. The normalized spacial score (nSPS) is 10.8. The molecule has 0 amide bonds. The van der Waals surface area contributed by atoms with Gasteiger partial charge in [-0.1, -0.05) is 0 Å². The second-order valence-electron chi connectivity index (χ2n) is 2.46. The van der Waals surface area contributed by atoms with Crippen LogP contribution in [0.3, 0.4) is 0 Å². The second-order valence-corrected chi connectivity index (χ2v) is 2.78. The highest BCUT2D eigenvalue weighted by atomic mass is 32.1.